The van der Waals surface area contributed by atoms with Gasteiger partial charge in [-0.2, -0.15) is 5.10 Å². The summed E-state index contributed by atoms with van der Waals surface area (Å²) in [6.45, 7) is 2.29. The van der Waals surface area contributed by atoms with Crippen LogP contribution in [0.1, 0.15) is 40.7 Å². The van der Waals surface area contributed by atoms with Crippen LogP contribution in [0.15, 0.2) is 60.7 Å². The lowest BCUT2D eigenvalue weighted by atomic mass is 9.94. The summed E-state index contributed by atoms with van der Waals surface area (Å²) < 4.78 is 0. The largest absolute Gasteiger partial charge is 0.382 e. The second-order valence-electron chi connectivity index (χ2n) is 7.85. The first kappa shape index (κ1) is 19.9. The lowest BCUT2D eigenvalue weighted by Crippen LogP contribution is -2.47. The molecule has 0 aliphatic carbocycles. The molecular weight excluding hydrogens is 376 g/mol. The molecule has 154 valence electrons. The number of hydrogen-bond acceptors (Lipinski definition) is 4. The Morgan fingerprint density at radius 3 is 2.73 bits per heavy atom. The van der Waals surface area contributed by atoms with Gasteiger partial charge in [0.2, 0.25) is 0 Å². The number of aromatic nitrogens is 2. The van der Waals surface area contributed by atoms with Crippen molar-refractivity contribution in [2.24, 2.45) is 5.92 Å². The number of Topliss-reactive ketones (excluding diaryl/α,β-unsaturated/α-hetero) is 1. The fourth-order valence-corrected chi connectivity index (χ4v) is 3.82. The summed E-state index contributed by atoms with van der Waals surface area (Å²) in [6, 6.07) is 19.2. The number of H-pyrrole nitrogens is 1. The minimum Gasteiger partial charge on any atom is -0.382 e. The van der Waals surface area contributed by atoms with E-state index in [0.29, 0.717) is 18.7 Å². The number of carbonyl (C=O) groups is 2. The minimum absolute atomic E-state index is 0.0451. The number of hydrogen-bond donors (Lipinski definition) is 3. The van der Waals surface area contributed by atoms with Crippen LogP contribution in [0.4, 0.5) is 5.69 Å². The highest BCUT2D eigenvalue weighted by Crippen LogP contribution is 2.22. The third-order valence-electron chi connectivity index (χ3n) is 5.60. The van der Waals surface area contributed by atoms with E-state index < -0.39 is 6.04 Å². The Morgan fingerprint density at radius 2 is 1.90 bits per heavy atom. The second kappa shape index (κ2) is 8.95. The maximum atomic E-state index is 12.9. The van der Waals surface area contributed by atoms with Crippen LogP contribution in [0.5, 0.6) is 0 Å². The molecule has 0 saturated carbocycles. The number of rotatable bonds is 4. The number of benzene rings is 2. The van der Waals surface area contributed by atoms with E-state index in [9.17, 15) is 9.59 Å². The first-order valence-corrected chi connectivity index (χ1v) is 10.3. The molecule has 0 bridgehead atoms. The number of anilines is 1. The lowest BCUT2D eigenvalue weighted by Gasteiger charge is -2.20. The van der Waals surface area contributed by atoms with Crippen LogP contribution >= 0.6 is 0 Å². The molecule has 2 unspecified atom stereocenters. The Hall–Kier alpha value is -3.41. The standard InChI is InChI=1S/C24H26N4O2/c1-16-11-12-18-9-5-6-10-20(18)25-15-22(23(16)29)26-24(30)21-14-19(27-28-21)13-17-7-3-2-4-8-17/h2-10,14,16,22,25H,11-13,15H2,1H3,(H,26,30)(H,27,28). The maximum absolute atomic E-state index is 12.9. The van der Waals surface area contributed by atoms with Crippen molar-refractivity contribution >= 4 is 17.4 Å². The van der Waals surface area contributed by atoms with Gasteiger partial charge in [0.15, 0.2) is 5.78 Å². The van der Waals surface area contributed by atoms with Crippen LogP contribution < -0.4 is 10.6 Å². The Morgan fingerprint density at radius 1 is 1.13 bits per heavy atom. The van der Waals surface area contributed by atoms with E-state index in [-0.39, 0.29) is 17.6 Å². The molecule has 1 aromatic heterocycles. The predicted octanol–water partition coefficient (Wildman–Crippen LogP) is 3.36. The molecule has 1 amide bonds. The summed E-state index contributed by atoms with van der Waals surface area (Å²) >= 11 is 0. The van der Waals surface area contributed by atoms with E-state index >= 15 is 0 Å². The number of para-hydroxylation sites is 1. The van der Waals surface area contributed by atoms with E-state index in [1.54, 1.807) is 6.07 Å². The van der Waals surface area contributed by atoms with Gasteiger partial charge in [0, 0.05) is 30.3 Å². The summed E-state index contributed by atoms with van der Waals surface area (Å²) in [4.78, 5) is 25.7. The zero-order chi connectivity index (χ0) is 20.9. The van der Waals surface area contributed by atoms with Gasteiger partial charge in [-0.3, -0.25) is 14.7 Å². The van der Waals surface area contributed by atoms with Gasteiger partial charge < -0.3 is 10.6 Å². The maximum Gasteiger partial charge on any atom is 0.272 e. The summed E-state index contributed by atoms with van der Waals surface area (Å²) in [5, 5.41) is 13.3. The highest BCUT2D eigenvalue weighted by atomic mass is 16.2. The normalized spacial score (nSPS) is 19.0. The number of aryl methyl sites for hydroxylation is 1. The molecule has 2 atom stereocenters. The molecule has 3 N–H and O–H groups in total. The Balaban J connectivity index is 1.45. The van der Waals surface area contributed by atoms with Crippen LogP contribution in [-0.2, 0) is 17.6 Å². The van der Waals surface area contributed by atoms with Crippen molar-refractivity contribution in [1.82, 2.24) is 15.5 Å². The number of carbonyl (C=O) groups excluding carboxylic acids is 2. The zero-order valence-corrected chi connectivity index (χ0v) is 17.0. The van der Waals surface area contributed by atoms with E-state index in [2.05, 4.69) is 26.9 Å². The predicted molar refractivity (Wildman–Crippen MR) is 117 cm³/mol. The van der Waals surface area contributed by atoms with Gasteiger partial charge in [-0.05, 0) is 36.1 Å². The SMILES string of the molecule is CC1CCc2ccccc2NCC(NC(=O)c2cc(Cc3ccccc3)[nH]n2)C1=O. The summed E-state index contributed by atoms with van der Waals surface area (Å²) in [5.74, 6) is -0.426. The average molecular weight is 402 g/mol. The van der Waals surface area contributed by atoms with Crippen LogP contribution in [0.3, 0.4) is 0 Å². The van der Waals surface area contributed by atoms with Crippen molar-refractivity contribution < 1.29 is 9.59 Å². The third-order valence-corrected chi connectivity index (χ3v) is 5.60. The van der Waals surface area contributed by atoms with Crippen molar-refractivity contribution in [2.45, 2.75) is 32.2 Å². The van der Waals surface area contributed by atoms with Crippen LogP contribution in [0, 0.1) is 5.92 Å². The van der Waals surface area contributed by atoms with Gasteiger partial charge in [-0.15, -0.1) is 0 Å². The van der Waals surface area contributed by atoms with Gasteiger partial charge in [0.1, 0.15) is 11.7 Å². The molecule has 2 heterocycles. The third kappa shape index (κ3) is 4.59. The second-order valence-corrected chi connectivity index (χ2v) is 7.85. The number of nitrogens with one attached hydrogen (secondary N) is 3. The van der Waals surface area contributed by atoms with Crippen molar-refractivity contribution in [2.75, 3.05) is 11.9 Å². The minimum atomic E-state index is -0.604. The number of nitrogens with zero attached hydrogens (tertiary/aromatic N) is 1. The van der Waals surface area contributed by atoms with E-state index in [4.69, 9.17) is 0 Å². The monoisotopic (exact) mass is 402 g/mol. The number of ketones is 1. The summed E-state index contributed by atoms with van der Waals surface area (Å²) in [7, 11) is 0. The van der Waals surface area contributed by atoms with Gasteiger partial charge >= 0.3 is 0 Å². The van der Waals surface area contributed by atoms with Gasteiger partial charge in [-0.1, -0.05) is 55.5 Å². The molecule has 4 rings (SSSR count). The van der Waals surface area contributed by atoms with E-state index in [0.717, 1.165) is 29.8 Å². The lowest BCUT2D eigenvalue weighted by molar-refractivity contribution is -0.124. The van der Waals surface area contributed by atoms with Crippen LogP contribution in [0.25, 0.3) is 0 Å². The summed E-state index contributed by atoms with van der Waals surface area (Å²) in [5.41, 5.74) is 4.50. The molecule has 6 heteroatoms. The fourth-order valence-electron chi connectivity index (χ4n) is 3.82. The quantitative estimate of drug-likeness (QED) is 0.625. The van der Waals surface area contributed by atoms with Gasteiger partial charge in [-0.25, -0.2) is 0 Å². The van der Waals surface area contributed by atoms with E-state index in [1.165, 1.54) is 5.56 Å². The number of amides is 1. The molecule has 2 aromatic carbocycles. The number of aromatic amines is 1. The molecule has 30 heavy (non-hydrogen) atoms. The molecule has 3 aromatic rings. The first-order valence-electron chi connectivity index (χ1n) is 10.3. The highest BCUT2D eigenvalue weighted by Gasteiger charge is 2.28. The molecular formula is C24H26N4O2. The molecule has 1 aliphatic rings. The van der Waals surface area contributed by atoms with Crippen molar-refractivity contribution in [1.29, 1.82) is 0 Å². The molecule has 0 fully saturated rings. The average Bonchev–Trinajstić information content (AvgIpc) is 3.25. The fraction of sp³-hybridized carbons (Fsp3) is 0.292. The molecule has 1 aliphatic heterocycles. The molecule has 0 spiro atoms. The molecule has 6 nitrogen and oxygen atoms in total. The van der Waals surface area contributed by atoms with Crippen LogP contribution in [-0.4, -0.2) is 34.5 Å². The Kier molecular flexibility index (Phi) is 5.93. The number of fused-ring (bicyclic) bond motifs is 1. The van der Waals surface area contributed by atoms with Gasteiger partial charge in [0.25, 0.3) is 5.91 Å². The molecule has 0 saturated heterocycles. The first-order chi connectivity index (χ1) is 14.6. The van der Waals surface area contributed by atoms with Crippen molar-refractivity contribution in [3.05, 3.63) is 83.2 Å². The van der Waals surface area contributed by atoms with Crippen LogP contribution in [0.2, 0.25) is 0 Å². The Bertz CT molecular complexity index is 1030. The highest BCUT2D eigenvalue weighted by molar-refractivity contribution is 5.97. The zero-order valence-electron chi connectivity index (χ0n) is 17.0. The Labute approximate surface area is 176 Å². The van der Waals surface area contributed by atoms with E-state index in [1.807, 2.05) is 55.5 Å². The topological polar surface area (TPSA) is 86.9 Å². The van der Waals surface area contributed by atoms with Crippen molar-refractivity contribution in [3.8, 4) is 0 Å². The van der Waals surface area contributed by atoms with Gasteiger partial charge in [0.05, 0.1) is 0 Å². The van der Waals surface area contributed by atoms with Crippen molar-refractivity contribution in [3.63, 3.8) is 0 Å². The molecule has 0 radical (unpaired) electrons. The summed E-state index contributed by atoms with van der Waals surface area (Å²) in [6.07, 6.45) is 2.26. The smallest absolute Gasteiger partial charge is 0.272 e.